The largest absolute Gasteiger partial charge is 0.462 e. The summed E-state index contributed by atoms with van der Waals surface area (Å²) < 4.78 is 6.14. The number of carbonyl (C=O) groups excluding carboxylic acids is 1. The Bertz CT molecular complexity index is 1200. The van der Waals surface area contributed by atoms with Gasteiger partial charge < -0.3 is 4.74 Å². The van der Waals surface area contributed by atoms with Gasteiger partial charge in [0.25, 0.3) is 0 Å². The minimum absolute atomic E-state index is 0.0525. The first-order valence-electron chi connectivity index (χ1n) is 23.2. The quantitative estimate of drug-likeness (QED) is 0.0562. The Morgan fingerprint density at radius 3 is 2.06 bits per heavy atom. The first kappa shape index (κ1) is 43.9. The van der Waals surface area contributed by atoms with E-state index in [0.717, 1.165) is 86.9 Å². The van der Waals surface area contributed by atoms with Crippen molar-refractivity contribution in [3.8, 4) is 0 Å². The molecule has 4 rings (SSSR count). The molecule has 0 aliphatic heterocycles. The highest BCUT2D eigenvalue weighted by molar-refractivity contribution is 5.69. The summed E-state index contributed by atoms with van der Waals surface area (Å²) in [4.78, 5) is 12.9. The monoisotopic (exact) mass is 729 g/mol. The normalized spacial score (nSPS) is 30.7. The molecule has 8 unspecified atom stereocenters. The summed E-state index contributed by atoms with van der Waals surface area (Å²) in [5.74, 6) is 5.29. The topological polar surface area (TPSA) is 26.3 Å². The Morgan fingerprint density at radius 1 is 0.736 bits per heavy atom. The number of ether oxygens (including phenoxy) is 1. The molecule has 0 aromatic heterocycles. The van der Waals surface area contributed by atoms with Gasteiger partial charge in [-0.1, -0.05) is 160 Å². The maximum absolute atomic E-state index is 12.9. The summed E-state index contributed by atoms with van der Waals surface area (Å²) in [6.07, 6.45) is 51.5. The third-order valence-corrected chi connectivity index (χ3v) is 14.8. The van der Waals surface area contributed by atoms with Gasteiger partial charge in [0.1, 0.15) is 6.10 Å². The van der Waals surface area contributed by atoms with Crippen LogP contribution in [-0.4, -0.2) is 12.1 Å². The minimum atomic E-state index is 0.0525. The van der Waals surface area contributed by atoms with Gasteiger partial charge in [-0.3, -0.25) is 4.79 Å². The molecule has 300 valence electrons. The van der Waals surface area contributed by atoms with Crippen LogP contribution in [0.2, 0.25) is 0 Å². The lowest BCUT2D eigenvalue weighted by Gasteiger charge is -2.58. The highest BCUT2D eigenvalue weighted by atomic mass is 16.5. The minimum Gasteiger partial charge on any atom is -0.462 e. The van der Waals surface area contributed by atoms with E-state index in [4.69, 9.17) is 4.74 Å². The van der Waals surface area contributed by atoms with Crippen molar-refractivity contribution in [1.29, 1.82) is 0 Å². The van der Waals surface area contributed by atoms with Gasteiger partial charge in [0, 0.05) is 12.8 Å². The number of hydrogen-bond donors (Lipinski definition) is 0. The highest BCUT2D eigenvalue weighted by Gasteiger charge is 2.59. The van der Waals surface area contributed by atoms with E-state index in [1.165, 1.54) is 103 Å². The average molecular weight is 729 g/mol. The molecule has 0 radical (unpaired) electrons. The fourth-order valence-corrected chi connectivity index (χ4v) is 11.7. The number of allylic oxidation sites excluding steroid dienone is 9. The second-order valence-electron chi connectivity index (χ2n) is 19.0. The van der Waals surface area contributed by atoms with E-state index in [2.05, 4.69) is 96.2 Å². The molecule has 0 bridgehead atoms. The molecule has 0 saturated heterocycles. The molecule has 0 aromatic rings. The fraction of sp³-hybridized carbons (Fsp3) is 0.784. The van der Waals surface area contributed by atoms with Crippen LogP contribution in [-0.2, 0) is 9.53 Å². The molecule has 4 aliphatic carbocycles. The van der Waals surface area contributed by atoms with Crippen LogP contribution in [0.4, 0.5) is 0 Å². The summed E-state index contributed by atoms with van der Waals surface area (Å²) in [7, 11) is 0. The van der Waals surface area contributed by atoms with Crippen molar-refractivity contribution in [2.45, 2.75) is 208 Å². The standard InChI is InChI=1S/C51H84O2/c1-7-8-9-10-11-12-13-14-15-16-17-18-19-20-21-22-23-24-25-26-27-31-49(52)53-44-36-38-50(5)43(40-44)32-33-45-47-35-34-46(42(4)30-28-29-41(2)3)51(47,6)39-37-48(45)50/h8-9,11-12,14-15,17-18,32,41-42,44-48H,7,10,13,16,19-31,33-40H2,1-6H3/b9-8-,12-11-,15-14-,18-17-. The summed E-state index contributed by atoms with van der Waals surface area (Å²) in [5, 5.41) is 0. The zero-order chi connectivity index (χ0) is 37.9. The first-order chi connectivity index (χ1) is 25.7. The molecule has 8 atom stereocenters. The van der Waals surface area contributed by atoms with Crippen LogP contribution in [0.3, 0.4) is 0 Å². The van der Waals surface area contributed by atoms with Gasteiger partial charge in [-0.05, 0) is 136 Å². The lowest BCUT2D eigenvalue weighted by Crippen LogP contribution is -2.51. The second kappa shape index (κ2) is 23.3. The molecule has 0 aromatic carbocycles. The Hall–Kier alpha value is -1.83. The predicted octanol–water partition coefficient (Wildman–Crippen LogP) is 15.6. The van der Waals surface area contributed by atoms with Crippen LogP contribution in [0.15, 0.2) is 60.3 Å². The number of rotatable bonds is 24. The van der Waals surface area contributed by atoms with E-state index >= 15 is 0 Å². The maximum atomic E-state index is 12.9. The zero-order valence-electron chi connectivity index (χ0n) is 35.7. The maximum Gasteiger partial charge on any atom is 0.306 e. The number of carbonyl (C=O) groups is 1. The summed E-state index contributed by atoms with van der Waals surface area (Å²) in [6, 6.07) is 0. The van der Waals surface area contributed by atoms with Crippen LogP contribution in [0.1, 0.15) is 202 Å². The molecule has 2 heteroatoms. The number of esters is 1. The van der Waals surface area contributed by atoms with Gasteiger partial charge in [-0.2, -0.15) is 0 Å². The Morgan fingerprint density at radius 2 is 1.38 bits per heavy atom. The molecule has 3 fully saturated rings. The molecule has 0 spiro atoms. The van der Waals surface area contributed by atoms with E-state index in [9.17, 15) is 4.79 Å². The lowest BCUT2D eigenvalue weighted by atomic mass is 9.47. The van der Waals surface area contributed by atoms with Crippen LogP contribution in [0.25, 0.3) is 0 Å². The molecule has 53 heavy (non-hydrogen) atoms. The summed E-state index contributed by atoms with van der Waals surface area (Å²) >= 11 is 0. The lowest BCUT2D eigenvalue weighted by molar-refractivity contribution is -0.151. The number of unbranched alkanes of at least 4 members (excludes halogenated alkanes) is 8. The van der Waals surface area contributed by atoms with Gasteiger partial charge in [-0.15, -0.1) is 0 Å². The van der Waals surface area contributed by atoms with Gasteiger partial charge in [0.05, 0.1) is 0 Å². The van der Waals surface area contributed by atoms with Gasteiger partial charge in [0.2, 0.25) is 0 Å². The molecular weight excluding hydrogens is 645 g/mol. The summed E-state index contributed by atoms with van der Waals surface area (Å²) in [6.45, 7) is 14.8. The van der Waals surface area contributed by atoms with Crippen molar-refractivity contribution in [3.63, 3.8) is 0 Å². The van der Waals surface area contributed by atoms with Crippen LogP contribution < -0.4 is 0 Å². The Labute approximate surface area is 329 Å². The van der Waals surface area contributed by atoms with E-state index in [1.807, 2.05) is 0 Å². The van der Waals surface area contributed by atoms with Crippen molar-refractivity contribution in [1.82, 2.24) is 0 Å². The van der Waals surface area contributed by atoms with Gasteiger partial charge >= 0.3 is 5.97 Å². The van der Waals surface area contributed by atoms with Gasteiger partial charge in [0.15, 0.2) is 0 Å². The van der Waals surface area contributed by atoms with Crippen molar-refractivity contribution in [3.05, 3.63) is 60.3 Å². The van der Waals surface area contributed by atoms with Crippen molar-refractivity contribution in [2.24, 2.45) is 46.3 Å². The van der Waals surface area contributed by atoms with Crippen LogP contribution in [0.5, 0.6) is 0 Å². The van der Waals surface area contributed by atoms with Crippen LogP contribution >= 0.6 is 0 Å². The van der Waals surface area contributed by atoms with E-state index in [1.54, 1.807) is 5.57 Å². The van der Waals surface area contributed by atoms with Crippen molar-refractivity contribution in [2.75, 3.05) is 0 Å². The predicted molar refractivity (Wildman–Crippen MR) is 230 cm³/mol. The van der Waals surface area contributed by atoms with Gasteiger partial charge in [-0.25, -0.2) is 0 Å². The Balaban J connectivity index is 1.04. The zero-order valence-corrected chi connectivity index (χ0v) is 35.7. The van der Waals surface area contributed by atoms with Crippen molar-refractivity contribution < 1.29 is 9.53 Å². The van der Waals surface area contributed by atoms with E-state index in [-0.39, 0.29) is 12.1 Å². The Kier molecular flexibility index (Phi) is 19.3. The SMILES string of the molecule is CC/C=C\C/C=C\C/C=C\C/C=C\CCCCCCCCCCC(=O)OC1CCC2(C)C(=CCC3C2CCC2(C)C(C(C)CCCC(C)C)CCC32)C1. The average Bonchev–Trinajstić information content (AvgIpc) is 3.49. The third-order valence-electron chi connectivity index (χ3n) is 14.8. The third kappa shape index (κ3) is 13.4. The number of hydrogen-bond acceptors (Lipinski definition) is 2. The second-order valence-corrected chi connectivity index (χ2v) is 19.0. The van der Waals surface area contributed by atoms with E-state index < -0.39 is 0 Å². The molecule has 3 saturated carbocycles. The molecule has 0 amide bonds. The highest BCUT2D eigenvalue weighted by Crippen LogP contribution is 2.67. The molecule has 0 heterocycles. The molecular formula is C51H84O2. The fourth-order valence-electron chi connectivity index (χ4n) is 11.7. The molecule has 2 nitrogen and oxygen atoms in total. The van der Waals surface area contributed by atoms with Crippen LogP contribution in [0, 0.1) is 46.3 Å². The molecule has 0 N–H and O–H groups in total. The van der Waals surface area contributed by atoms with E-state index in [0.29, 0.717) is 17.3 Å². The van der Waals surface area contributed by atoms with Crippen molar-refractivity contribution >= 4 is 5.97 Å². The number of fused-ring (bicyclic) bond motifs is 5. The first-order valence-corrected chi connectivity index (χ1v) is 23.2. The summed E-state index contributed by atoms with van der Waals surface area (Å²) in [5.41, 5.74) is 2.51. The molecule has 4 aliphatic rings. The smallest absolute Gasteiger partial charge is 0.306 e.